The number of furan rings is 1. The summed E-state index contributed by atoms with van der Waals surface area (Å²) in [6.45, 7) is 0.656. The van der Waals surface area contributed by atoms with Crippen LogP contribution in [0.1, 0.15) is 24.8 Å². The molecule has 8 heteroatoms. The molecule has 1 aliphatic carbocycles. The van der Waals surface area contributed by atoms with Crippen molar-refractivity contribution in [3.05, 3.63) is 54.3 Å². The Hall–Kier alpha value is -2.74. The van der Waals surface area contributed by atoms with Crippen LogP contribution in [0.25, 0.3) is 11.6 Å². The smallest absolute Gasteiger partial charge is 0.230 e. The Morgan fingerprint density at radius 2 is 2.04 bits per heavy atom. The first-order valence-electron chi connectivity index (χ1n) is 8.87. The van der Waals surface area contributed by atoms with Crippen LogP contribution in [-0.4, -0.2) is 33.1 Å². The van der Waals surface area contributed by atoms with Gasteiger partial charge in [-0.2, -0.15) is 0 Å². The summed E-state index contributed by atoms with van der Waals surface area (Å²) >= 11 is 1.26. The van der Waals surface area contributed by atoms with Crippen LogP contribution in [0, 0.1) is 0 Å². The maximum atomic E-state index is 12.3. The molecule has 2 aromatic heterocycles. The third-order valence-corrected chi connectivity index (χ3v) is 6.00. The molecule has 7 nitrogen and oxygen atoms in total. The Morgan fingerprint density at radius 1 is 1.22 bits per heavy atom. The average molecular weight is 383 g/mol. The zero-order valence-corrected chi connectivity index (χ0v) is 15.6. The van der Waals surface area contributed by atoms with E-state index in [9.17, 15) is 4.79 Å². The summed E-state index contributed by atoms with van der Waals surface area (Å²) < 4.78 is 6.63. The van der Waals surface area contributed by atoms with Crippen molar-refractivity contribution in [1.29, 1.82) is 0 Å². The molecule has 3 aromatic rings. The molecular formula is C19H21N5O2S. The number of aromatic nitrogens is 3. The van der Waals surface area contributed by atoms with E-state index in [-0.39, 0.29) is 17.1 Å². The van der Waals surface area contributed by atoms with Crippen LogP contribution in [0.5, 0.6) is 0 Å². The van der Waals surface area contributed by atoms with Crippen molar-refractivity contribution in [2.24, 2.45) is 0 Å². The maximum Gasteiger partial charge on any atom is 0.230 e. The third kappa shape index (κ3) is 3.57. The van der Waals surface area contributed by atoms with E-state index in [0.29, 0.717) is 23.3 Å². The summed E-state index contributed by atoms with van der Waals surface area (Å²) in [6, 6.07) is 13.9. The molecule has 0 radical (unpaired) electrons. The van der Waals surface area contributed by atoms with Gasteiger partial charge < -0.3 is 15.6 Å². The number of amides is 1. The number of nitrogens with one attached hydrogen (secondary N) is 1. The van der Waals surface area contributed by atoms with E-state index >= 15 is 0 Å². The molecule has 0 spiro atoms. The average Bonchev–Trinajstić information content (AvgIpc) is 3.30. The van der Waals surface area contributed by atoms with Gasteiger partial charge in [-0.1, -0.05) is 48.5 Å². The van der Waals surface area contributed by atoms with Crippen LogP contribution in [0.2, 0.25) is 0 Å². The largest absolute Gasteiger partial charge is 0.461 e. The molecule has 1 saturated carbocycles. The van der Waals surface area contributed by atoms with E-state index in [1.807, 2.05) is 6.07 Å². The van der Waals surface area contributed by atoms with Crippen molar-refractivity contribution in [1.82, 2.24) is 20.2 Å². The van der Waals surface area contributed by atoms with Gasteiger partial charge in [0.2, 0.25) is 16.9 Å². The zero-order valence-electron chi connectivity index (χ0n) is 14.8. The standard InChI is InChI=1S/C19H21N5O2S/c20-24-17(15-8-4-11-26-15)22-23-18(24)27-12-16(25)21-13-19(9-5-10-19)14-6-2-1-3-7-14/h1-4,6-8,11H,5,9-10,12-13,20H2,(H,21,25). The number of rotatable bonds is 7. The molecule has 1 fully saturated rings. The predicted molar refractivity (Wildman–Crippen MR) is 104 cm³/mol. The van der Waals surface area contributed by atoms with E-state index < -0.39 is 0 Å². The predicted octanol–water partition coefficient (Wildman–Crippen LogP) is 2.58. The molecule has 0 aliphatic heterocycles. The van der Waals surface area contributed by atoms with Crippen LogP contribution in [-0.2, 0) is 10.2 Å². The summed E-state index contributed by atoms with van der Waals surface area (Å²) in [5, 5.41) is 11.6. The lowest BCUT2D eigenvalue weighted by molar-refractivity contribution is -0.119. The van der Waals surface area contributed by atoms with Gasteiger partial charge in [-0.05, 0) is 30.5 Å². The molecule has 0 bridgehead atoms. The zero-order chi connectivity index (χ0) is 18.7. The Balaban J connectivity index is 1.33. The number of nitrogens with zero attached hydrogens (tertiary/aromatic N) is 3. The van der Waals surface area contributed by atoms with Crippen molar-refractivity contribution in [3.8, 4) is 11.6 Å². The summed E-state index contributed by atoms with van der Waals surface area (Å²) in [4.78, 5) is 12.3. The first kappa shape index (κ1) is 17.7. The van der Waals surface area contributed by atoms with Gasteiger partial charge in [-0.25, -0.2) is 4.68 Å². The highest BCUT2D eigenvalue weighted by Crippen LogP contribution is 2.43. The van der Waals surface area contributed by atoms with Gasteiger partial charge in [0, 0.05) is 12.0 Å². The van der Waals surface area contributed by atoms with Crippen LogP contribution in [0.15, 0.2) is 58.3 Å². The number of hydrogen-bond donors (Lipinski definition) is 2. The fourth-order valence-corrected chi connectivity index (χ4v) is 4.05. The minimum absolute atomic E-state index is 0.0373. The van der Waals surface area contributed by atoms with Crippen molar-refractivity contribution in [3.63, 3.8) is 0 Å². The van der Waals surface area contributed by atoms with Gasteiger partial charge in [0.05, 0.1) is 12.0 Å². The maximum absolute atomic E-state index is 12.3. The lowest BCUT2D eigenvalue weighted by atomic mass is 9.64. The number of carbonyl (C=O) groups is 1. The molecule has 0 saturated heterocycles. The second-order valence-corrected chi connectivity index (χ2v) is 7.66. The first-order valence-corrected chi connectivity index (χ1v) is 9.86. The Morgan fingerprint density at radius 3 is 2.70 bits per heavy atom. The number of nitrogens with two attached hydrogens (primary N) is 1. The Kier molecular flexibility index (Phi) is 4.89. The van der Waals surface area contributed by atoms with Crippen molar-refractivity contribution >= 4 is 17.7 Å². The van der Waals surface area contributed by atoms with E-state index in [4.69, 9.17) is 10.3 Å². The fraction of sp³-hybridized carbons (Fsp3) is 0.316. The van der Waals surface area contributed by atoms with Gasteiger partial charge in [-0.15, -0.1) is 10.2 Å². The Bertz CT molecular complexity index is 904. The van der Waals surface area contributed by atoms with E-state index in [1.54, 1.807) is 18.4 Å². The lowest BCUT2D eigenvalue weighted by Gasteiger charge is -2.42. The topological polar surface area (TPSA) is 99.0 Å². The second kappa shape index (κ2) is 7.48. The molecule has 27 heavy (non-hydrogen) atoms. The van der Waals surface area contributed by atoms with Crippen molar-refractivity contribution in [2.45, 2.75) is 29.8 Å². The highest BCUT2D eigenvalue weighted by molar-refractivity contribution is 7.99. The van der Waals surface area contributed by atoms with E-state index in [2.05, 4.69) is 39.8 Å². The Labute approximate surface area is 161 Å². The summed E-state index contributed by atoms with van der Waals surface area (Å²) in [5.74, 6) is 7.18. The molecule has 3 N–H and O–H groups in total. The third-order valence-electron chi connectivity index (χ3n) is 5.06. The van der Waals surface area contributed by atoms with Gasteiger partial charge in [0.1, 0.15) is 0 Å². The van der Waals surface area contributed by atoms with Crippen LogP contribution in [0.4, 0.5) is 0 Å². The molecule has 1 aliphatic rings. The number of hydrogen-bond acceptors (Lipinski definition) is 6. The van der Waals surface area contributed by atoms with Crippen LogP contribution in [0.3, 0.4) is 0 Å². The number of carbonyl (C=O) groups excluding carboxylic acids is 1. The van der Waals surface area contributed by atoms with Crippen LogP contribution >= 0.6 is 11.8 Å². The molecular weight excluding hydrogens is 362 g/mol. The minimum Gasteiger partial charge on any atom is -0.461 e. The minimum atomic E-state index is -0.0373. The van der Waals surface area contributed by atoms with E-state index in [0.717, 1.165) is 12.8 Å². The molecule has 1 amide bonds. The SMILES string of the molecule is Nn1c(SCC(=O)NCC2(c3ccccc3)CCC2)nnc1-c1ccco1. The quantitative estimate of drug-likeness (QED) is 0.481. The van der Waals surface area contributed by atoms with Gasteiger partial charge >= 0.3 is 0 Å². The molecule has 1 aromatic carbocycles. The summed E-state index contributed by atoms with van der Waals surface area (Å²) in [5.41, 5.74) is 1.37. The highest BCUT2D eigenvalue weighted by atomic mass is 32.2. The normalized spacial score (nSPS) is 15.3. The first-order chi connectivity index (χ1) is 13.2. The number of nitrogen functional groups attached to an aromatic ring is 1. The second-order valence-electron chi connectivity index (χ2n) is 6.72. The van der Waals surface area contributed by atoms with Gasteiger partial charge in [-0.3, -0.25) is 4.79 Å². The van der Waals surface area contributed by atoms with Crippen molar-refractivity contribution in [2.75, 3.05) is 18.1 Å². The highest BCUT2D eigenvalue weighted by Gasteiger charge is 2.38. The molecule has 4 rings (SSSR count). The summed E-state index contributed by atoms with van der Waals surface area (Å²) in [7, 11) is 0. The van der Waals surface area contributed by atoms with Gasteiger partial charge in [0.25, 0.3) is 0 Å². The molecule has 0 atom stereocenters. The fourth-order valence-electron chi connectivity index (χ4n) is 3.36. The van der Waals surface area contributed by atoms with Gasteiger partial charge in [0.15, 0.2) is 5.76 Å². The van der Waals surface area contributed by atoms with E-state index in [1.165, 1.54) is 28.4 Å². The number of benzene rings is 1. The summed E-state index contributed by atoms with van der Waals surface area (Å²) in [6.07, 6.45) is 4.96. The molecule has 2 heterocycles. The lowest BCUT2D eigenvalue weighted by Crippen LogP contribution is -2.46. The van der Waals surface area contributed by atoms with Crippen LogP contribution < -0.4 is 11.2 Å². The molecule has 0 unspecified atom stereocenters. The molecule has 140 valence electrons. The van der Waals surface area contributed by atoms with Crippen molar-refractivity contribution < 1.29 is 9.21 Å². The monoisotopic (exact) mass is 383 g/mol. The number of thioether (sulfide) groups is 1.